The fraction of sp³-hybridized carbons (Fsp3) is 0.553. The Labute approximate surface area is 296 Å². The highest BCUT2D eigenvalue weighted by Gasteiger charge is 2.38. The molecule has 0 aromatic heterocycles. The van der Waals surface area contributed by atoms with E-state index in [0.29, 0.717) is 58.2 Å². The average Bonchev–Trinajstić information content (AvgIpc) is 3.10. The van der Waals surface area contributed by atoms with E-state index in [-0.39, 0.29) is 29.9 Å². The van der Waals surface area contributed by atoms with E-state index in [0.717, 1.165) is 11.1 Å². The molecule has 0 radical (unpaired) electrons. The average molecular weight is 692 g/mol. The number of hydrogen-bond donors (Lipinski definition) is 6. The minimum absolute atomic E-state index is 0.0195. The van der Waals surface area contributed by atoms with E-state index in [4.69, 9.17) is 17.2 Å². The molecule has 2 aromatic carbocycles. The zero-order valence-electron chi connectivity index (χ0n) is 30.0. The molecular formula is C38H57N7O5. The van der Waals surface area contributed by atoms with E-state index >= 15 is 0 Å². The van der Waals surface area contributed by atoms with Gasteiger partial charge in [0.15, 0.2) is 0 Å². The van der Waals surface area contributed by atoms with E-state index in [1.807, 2.05) is 81.4 Å². The molecule has 0 unspecified atom stereocenters. The maximum Gasteiger partial charge on any atom is 0.245 e. The first-order valence-corrected chi connectivity index (χ1v) is 17.8. The lowest BCUT2D eigenvalue weighted by Crippen LogP contribution is -2.60. The molecule has 1 aliphatic heterocycles. The Hall–Kier alpha value is -4.13. The Balaban J connectivity index is 1.79. The lowest BCUT2D eigenvalue weighted by Gasteiger charge is -2.39. The first-order chi connectivity index (χ1) is 23.7. The van der Waals surface area contributed by atoms with Crippen molar-refractivity contribution in [3.63, 3.8) is 0 Å². The third-order valence-corrected chi connectivity index (χ3v) is 9.65. The maximum absolute atomic E-state index is 14.0. The number of carbonyl (C=O) groups excluding carboxylic acids is 5. The van der Waals surface area contributed by atoms with Gasteiger partial charge in [-0.1, -0.05) is 81.4 Å². The number of nitrogens with two attached hydrogens (primary N) is 3. The van der Waals surface area contributed by atoms with Crippen molar-refractivity contribution in [2.75, 3.05) is 19.6 Å². The van der Waals surface area contributed by atoms with Crippen LogP contribution in [0.3, 0.4) is 0 Å². The summed E-state index contributed by atoms with van der Waals surface area (Å²) in [4.78, 5) is 68.8. The summed E-state index contributed by atoms with van der Waals surface area (Å²) < 4.78 is 0. The van der Waals surface area contributed by atoms with Gasteiger partial charge in [0.25, 0.3) is 0 Å². The van der Waals surface area contributed by atoms with Gasteiger partial charge in [-0.05, 0) is 69.0 Å². The third-order valence-electron chi connectivity index (χ3n) is 9.65. The van der Waals surface area contributed by atoms with E-state index < -0.39 is 47.4 Å². The number of nitrogens with one attached hydrogen (secondary N) is 3. The van der Waals surface area contributed by atoms with Crippen molar-refractivity contribution in [1.29, 1.82) is 0 Å². The molecule has 3 rings (SSSR count). The molecule has 274 valence electrons. The molecule has 2 aromatic rings. The number of benzene rings is 2. The number of rotatable bonds is 18. The summed E-state index contributed by atoms with van der Waals surface area (Å²) in [6.45, 7) is 8.25. The molecule has 9 N–H and O–H groups in total. The van der Waals surface area contributed by atoms with Gasteiger partial charge in [0.2, 0.25) is 23.6 Å². The molecule has 0 aliphatic carbocycles. The summed E-state index contributed by atoms with van der Waals surface area (Å²) in [6.07, 6.45) is 2.81. The van der Waals surface area contributed by atoms with Crippen molar-refractivity contribution < 1.29 is 24.0 Å². The Morgan fingerprint density at radius 2 is 1.32 bits per heavy atom. The first kappa shape index (κ1) is 40.3. The fourth-order valence-corrected chi connectivity index (χ4v) is 6.21. The number of Topliss-reactive ketones (excluding diaryl/α,β-unsaturated/α-hetero) is 1. The van der Waals surface area contributed by atoms with E-state index in [9.17, 15) is 24.0 Å². The predicted molar refractivity (Wildman–Crippen MR) is 195 cm³/mol. The van der Waals surface area contributed by atoms with Crippen LogP contribution < -0.4 is 33.2 Å². The normalized spacial score (nSPS) is 17.2. The lowest BCUT2D eigenvalue weighted by molar-refractivity contribution is -0.140. The summed E-state index contributed by atoms with van der Waals surface area (Å²) >= 11 is 0. The topological polar surface area (TPSA) is 203 Å². The van der Waals surface area contributed by atoms with Crippen LogP contribution in [0.1, 0.15) is 83.3 Å². The van der Waals surface area contributed by atoms with Gasteiger partial charge in [-0.15, -0.1) is 0 Å². The zero-order chi connectivity index (χ0) is 36.8. The summed E-state index contributed by atoms with van der Waals surface area (Å²) in [5.41, 5.74) is 19.1. The number of ketones is 1. The number of likely N-dealkylation sites (tertiary alicyclic amines) is 1. The number of piperidine rings is 1. The molecule has 12 heteroatoms. The van der Waals surface area contributed by atoms with Crippen LogP contribution in [-0.2, 0) is 30.4 Å². The molecule has 1 heterocycles. The standard InChI is InChI=1S/C38H57N7O5/c1-25(2)23-31(34(47)42-30(17-11-12-20-39)37(50)45-21-18-38(41,19-22-45)27(4)46)43-35(48)32(24-28-13-7-5-8-14-28)44-36(49)33(40)26(3)29-15-9-6-10-16-29/h5-10,13-16,25-26,30-33H,11-12,17-24,39-41H2,1-4H3,(H,42,47)(H,43,48)(H,44,49)/t26-,30-,31-,32-,33-/m1/s1. The first-order valence-electron chi connectivity index (χ1n) is 17.8. The number of hydrogen-bond acceptors (Lipinski definition) is 8. The van der Waals surface area contributed by atoms with Crippen LogP contribution in [0.2, 0.25) is 0 Å². The van der Waals surface area contributed by atoms with Crippen LogP contribution in [0.4, 0.5) is 0 Å². The van der Waals surface area contributed by atoms with E-state index in [2.05, 4.69) is 16.0 Å². The van der Waals surface area contributed by atoms with Gasteiger partial charge in [-0.2, -0.15) is 0 Å². The van der Waals surface area contributed by atoms with Crippen LogP contribution in [0.15, 0.2) is 60.7 Å². The van der Waals surface area contributed by atoms with Gasteiger partial charge < -0.3 is 38.1 Å². The number of nitrogens with zero attached hydrogens (tertiary/aromatic N) is 1. The Kier molecular flexibility index (Phi) is 15.6. The molecule has 12 nitrogen and oxygen atoms in total. The van der Waals surface area contributed by atoms with Crippen LogP contribution >= 0.6 is 0 Å². The highest BCUT2D eigenvalue weighted by atomic mass is 16.2. The van der Waals surface area contributed by atoms with Crippen molar-refractivity contribution >= 4 is 29.4 Å². The van der Waals surface area contributed by atoms with Crippen molar-refractivity contribution in [2.45, 2.75) is 108 Å². The quantitative estimate of drug-likeness (QED) is 0.127. The monoisotopic (exact) mass is 691 g/mol. The Morgan fingerprint density at radius 3 is 1.88 bits per heavy atom. The Bertz CT molecular complexity index is 1410. The van der Waals surface area contributed by atoms with Crippen molar-refractivity contribution in [3.8, 4) is 0 Å². The summed E-state index contributed by atoms with van der Waals surface area (Å²) in [7, 11) is 0. The van der Waals surface area contributed by atoms with E-state index in [1.165, 1.54) is 6.92 Å². The minimum Gasteiger partial charge on any atom is -0.343 e. The van der Waals surface area contributed by atoms with Gasteiger partial charge >= 0.3 is 0 Å². The second-order valence-corrected chi connectivity index (χ2v) is 14.1. The van der Waals surface area contributed by atoms with Gasteiger partial charge in [-0.25, -0.2) is 0 Å². The molecule has 1 fully saturated rings. The number of carbonyl (C=O) groups is 5. The molecule has 5 atom stereocenters. The molecule has 1 aliphatic rings. The van der Waals surface area contributed by atoms with E-state index in [1.54, 1.807) is 4.90 Å². The van der Waals surface area contributed by atoms with Crippen LogP contribution in [0.25, 0.3) is 0 Å². The van der Waals surface area contributed by atoms with Crippen molar-refractivity contribution in [2.24, 2.45) is 23.1 Å². The largest absolute Gasteiger partial charge is 0.343 e. The van der Waals surface area contributed by atoms with Gasteiger partial charge in [0.1, 0.15) is 23.9 Å². The predicted octanol–water partition coefficient (Wildman–Crippen LogP) is 1.90. The third kappa shape index (κ3) is 11.7. The van der Waals surface area contributed by atoms with Crippen molar-refractivity contribution in [3.05, 3.63) is 71.8 Å². The van der Waals surface area contributed by atoms with Crippen LogP contribution in [-0.4, -0.2) is 83.7 Å². The molecule has 0 bridgehead atoms. The second kappa shape index (κ2) is 19.3. The van der Waals surface area contributed by atoms with Crippen molar-refractivity contribution in [1.82, 2.24) is 20.9 Å². The number of unbranched alkanes of at least 4 members (excludes halogenated alkanes) is 1. The minimum atomic E-state index is -1.02. The van der Waals surface area contributed by atoms with Crippen LogP contribution in [0, 0.1) is 5.92 Å². The smallest absolute Gasteiger partial charge is 0.245 e. The van der Waals surface area contributed by atoms with Crippen LogP contribution in [0.5, 0.6) is 0 Å². The highest BCUT2D eigenvalue weighted by Crippen LogP contribution is 2.22. The van der Waals surface area contributed by atoms with Gasteiger partial charge in [0, 0.05) is 25.4 Å². The molecule has 4 amide bonds. The highest BCUT2D eigenvalue weighted by molar-refractivity contribution is 5.95. The molecule has 50 heavy (non-hydrogen) atoms. The molecular weight excluding hydrogens is 634 g/mol. The number of amides is 4. The molecule has 1 saturated heterocycles. The summed E-state index contributed by atoms with van der Waals surface area (Å²) in [5.74, 6) is -2.18. The zero-order valence-corrected chi connectivity index (χ0v) is 30.0. The summed E-state index contributed by atoms with van der Waals surface area (Å²) in [5, 5.41) is 8.65. The van der Waals surface area contributed by atoms with Gasteiger partial charge in [-0.3, -0.25) is 24.0 Å². The second-order valence-electron chi connectivity index (χ2n) is 14.1. The molecule has 0 saturated carbocycles. The van der Waals surface area contributed by atoms with Gasteiger partial charge in [0.05, 0.1) is 11.6 Å². The Morgan fingerprint density at radius 1 is 0.780 bits per heavy atom. The lowest BCUT2D eigenvalue weighted by atomic mass is 9.85. The SMILES string of the molecule is CC(=O)C1(N)CCN(C(=O)[C@@H](CCCCN)NC(=O)[C@@H](CC(C)C)NC(=O)[C@@H](Cc2ccccc2)NC(=O)[C@H](N)[C@H](C)c2ccccc2)CC1. The summed E-state index contributed by atoms with van der Waals surface area (Å²) in [6, 6.07) is 15.0. The molecule has 0 spiro atoms. The fourth-order valence-electron chi connectivity index (χ4n) is 6.21. The maximum atomic E-state index is 14.0.